The van der Waals surface area contributed by atoms with Crippen LogP contribution >= 0.6 is 0 Å². The number of rotatable bonds is 5. The van der Waals surface area contributed by atoms with Crippen LogP contribution in [0.3, 0.4) is 0 Å². The molecule has 1 amide bonds. The van der Waals surface area contributed by atoms with Gasteiger partial charge in [-0.15, -0.1) is 0 Å². The summed E-state index contributed by atoms with van der Waals surface area (Å²) in [5, 5.41) is 21.5. The van der Waals surface area contributed by atoms with Crippen LogP contribution in [0.15, 0.2) is 24.3 Å². The largest absolute Gasteiger partial charge is 0.508 e. The van der Waals surface area contributed by atoms with Crippen molar-refractivity contribution in [3.05, 3.63) is 24.3 Å². The predicted molar refractivity (Wildman–Crippen MR) is 93.8 cm³/mol. The average molecular weight is 330 g/mol. The third kappa shape index (κ3) is 4.39. The highest BCUT2D eigenvalue weighted by Gasteiger charge is 2.30. The molecule has 1 heterocycles. The maximum absolute atomic E-state index is 12.2. The highest BCUT2D eigenvalue weighted by molar-refractivity contribution is 5.79. The van der Waals surface area contributed by atoms with Crippen LogP contribution in [-0.4, -0.2) is 54.2 Å². The molecule has 1 aromatic rings. The number of nitrogens with one attached hydrogen (secondary N) is 1. The summed E-state index contributed by atoms with van der Waals surface area (Å²) in [6, 6.07) is 9.37. The van der Waals surface area contributed by atoms with Crippen molar-refractivity contribution in [2.24, 2.45) is 5.92 Å². The summed E-state index contributed by atoms with van der Waals surface area (Å²) in [6.45, 7) is 9.18. The van der Waals surface area contributed by atoms with E-state index in [4.69, 9.17) is 0 Å². The van der Waals surface area contributed by atoms with Crippen molar-refractivity contribution in [3.8, 4) is 11.8 Å². The minimum atomic E-state index is -0.828. The first-order chi connectivity index (χ1) is 11.3. The average Bonchev–Trinajstić information content (AvgIpc) is 2.56. The van der Waals surface area contributed by atoms with Gasteiger partial charge < -0.3 is 15.3 Å². The number of anilines is 1. The maximum Gasteiger partial charge on any atom is 0.235 e. The molecule has 0 aliphatic carbocycles. The quantitative estimate of drug-likeness (QED) is 0.857. The summed E-state index contributed by atoms with van der Waals surface area (Å²) >= 11 is 0. The van der Waals surface area contributed by atoms with Gasteiger partial charge in [0.1, 0.15) is 11.3 Å². The predicted octanol–water partition coefficient (Wildman–Crippen LogP) is 1.57. The molecule has 0 saturated carbocycles. The number of nitrogens with zero attached hydrogens (tertiary/aromatic N) is 3. The molecule has 0 aromatic heterocycles. The molecule has 1 aliphatic rings. The lowest BCUT2D eigenvalue weighted by atomic mass is 9.90. The number of amides is 1. The van der Waals surface area contributed by atoms with Crippen LogP contribution in [0.5, 0.6) is 5.75 Å². The van der Waals surface area contributed by atoms with Crippen molar-refractivity contribution in [3.63, 3.8) is 0 Å². The summed E-state index contributed by atoms with van der Waals surface area (Å²) < 4.78 is 0. The first kappa shape index (κ1) is 18.1. The number of phenolic OH excluding ortho intramolecular Hbond substituents is 1. The Balaban J connectivity index is 1.83. The molecular formula is C18H26N4O2. The second-order valence-electron chi connectivity index (χ2n) is 6.80. The minimum Gasteiger partial charge on any atom is -0.508 e. The van der Waals surface area contributed by atoms with E-state index in [9.17, 15) is 15.2 Å². The van der Waals surface area contributed by atoms with E-state index in [-0.39, 0.29) is 17.6 Å². The van der Waals surface area contributed by atoms with Crippen LogP contribution in [0.4, 0.5) is 5.69 Å². The van der Waals surface area contributed by atoms with Crippen molar-refractivity contribution in [2.75, 3.05) is 37.6 Å². The van der Waals surface area contributed by atoms with Gasteiger partial charge in [-0.1, -0.05) is 13.8 Å². The normalized spacial score (nSPS) is 18.0. The fourth-order valence-electron chi connectivity index (χ4n) is 2.66. The van der Waals surface area contributed by atoms with Gasteiger partial charge in [-0.05, 0) is 37.1 Å². The first-order valence-corrected chi connectivity index (χ1v) is 8.32. The number of aromatic hydroxyl groups is 1. The molecule has 1 unspecified atom stereocenters. The standard InChI is InChI=1S/C18H26N4O2/c1-14(2)18(3,13-19)20-17(24)12-21-8-10-22(11-9-21)15-4-6-16(23)7-5-15/h4-7,14,23H,8-12H2,1-3H3,(H,20,24). The fraction of sp³-hybridized carbons (Fsp3) is 0.556. The van der Waals surface area contributed by atoms with Gasteiger partial charge in [0.05, 0.1) is 12.6 Å². The number of nitriles is 1. The third-order valence-electron chi connectivity index (χ3n) is 4.74. The molecule has 2 rings (SSSR count). The van der Waals surface area contributed by atoms with Crippen molar-refractivity contribution in [1.29, 1.82) is 5.26 Å². The Hall–Kier alpha value is -2.26. The zero-order valence-corrected chi connectivity index (χ0v) is 14.6. The molecule has 1 aliphatic heterocycles. The van der Waals surface area contributed by atoms with Crippen LogP contribution in [0.25, 0.3) is 0 Å². The van der Waals surface area contributed by atoms with E-state index in [0.29, 0.717) is 6.54 Å². The molecule has 1 fully saturated rings. The monoisotopic (exact) mass is 330 g/mol. The zero-order chi connectivity index (χ0) is 17.7. The second kappa shape index (κ2) is 7.54. The van der Waals surface area contributed by atoms with E-state index >= 15 is 0 Å². The molecule has 24 heavy (non-hydrogen) atoms. The summed E-state index contributed by atoms with van der Waals surface area (Å²) in [5.41, 5.74) is 0.249. The van der Waals surface area contributed by atoms with Crippen molar-refractivity contribution in [1.82, 2.24) is 10.2 Å². The van der Waals surface area contributed by atoms with Gasteiger partial charge >= 0.3 is 0 Å². The number of piperazine rings is 1. The molecule has 1 atom stereocenters. The molecule has 0 spiro atoms. The lowest BCUT2D eigenvalue weighted by Crippen LogP contribution is -2.54. The van der Waals surface area contributed by atoms with Gasteiger partial charge in [-0.2, -0.15) is 5.26 Å². The molecule has 0 bridgehead atoms. The number of hydrogen-bond acceptors (Lipinski definition) is 5. The molecule has 130 valence electrons. The van der Waals surface area contributed by atoms with Crippen LogP contribution < -0.4 is 10.2 Å². The van der Waals surface area contributed by atoms with E-state index in [2.05, 4.69) is 21.2 Å². The lowest BCUT2D eigenvalue weighted by Gasteiger charge is -2.36. The number of carbonyl (C=O) groups excluding carboxylic acids is 1. The van der Waals surface area contributed by atoms with Gasteiger partial charge in [-0.25, -0.2) is 0 Å². The molecular weight excluding hydrogens is 304 g/mol. The molecule has 6 nitrogen and oxygen atoms in total. The SMILES string of the molecule is CC(C)C(C)(C#N)NC(=O)CN1CCN(c2ccc(O)cc2)CC1. The molecule has 2 N–H and O–H groups in total. The summed E-state index contributed by atoms with van der Waals surface area (Å²) in [5.74, 6) is 0.211. The molecule has 1 saturated heterocycles. The molecule has 6 heteroatoms. The Morgan fingerprint density at radius 1 is 1.29 bits per heavy atom. The smallest absolute Gasteiger partial charge is 0.235 e. The second-order valence-corrected chi connectivity index (χ2v) is 6.80. The van der Waals surface area contributed by atoms with Crippen LogP contribution in [0.2, 0.25) is 0 Å². The van der Waals surface area contributed by atoms with Gasteiger partial charge in [0.15, 0.2) is 0 Å². The number of hydrogen-bond donors (Lipinski definition) is 2. The first-order valence-electron chi connectivity index (χ1n) is 8.32. The van der Waals surface area contributed by atoms with Crippen LogP contribution in [-0.2, 0) is 4.79 Å². The molecule has 1 aromatic carbocycles. The molecule has 0 radical (unpaired) electrons. The van der Waals surface area contributed by atoms with Gasteiger partial charge in [0, 0.05) is 31.9 Å². The van der Waals surface area contributed by atoms with Gasteiger partial charge in [0.25, 0.3) is 0 Å². The number of phenols is 1. The van der Waals surface area contributed by atoms with Crippen molar-refractivity contribution in [2.45, 2.75) is 26.3 Å². The summed E-state index contributed by atoms with van der Waals surface area (Å²) in [7, 11) is 0. The van der Waals surface area contributed by atoms with Crippen molar-refractivity contribution >= 4 is 11.6 Å². The van der Waals surface area contributed by atoms with Crippen LogP contribution in [0.1, 0.15) is 20.8 Å². The minimum absolute atomic E-state index is 0.0535. The zero-order valence-electron chi connectivity index (χ0n) is 14.6. The topological polar surface area (TPSA) is 79.6 Å². The van der Waals surface area contributed by atoms with E-state index in [0.717, 1.165) is 31.9 Å². The van der Waals surface area contributed by atoms with Gasteiger partial charge in [0.2, 0.25) is 5.91 Å². The Bertz CT molecular complexity index is 600. The summed E-state index contributed by atoms with van der Waals surface area (Å²) in [4.78, 5) is 16.6. The fourth-order valence-corrected chi connectivity index (χ4v) is 2.66. The summed E-state index contributed by atoms with van der Waals surface area (Å²) in [6.07, 6.45) is 0. The highest BCUT2D eigenvalue weighted by atomic mass is 16.3. The van der Waals surface area contributed by atoms with Crippen molar-refractivity contribution < 1.29 is 9.90 Å². The third-order valence-corrected chi connectivity index (χ3v) is 4.74. The number of benzene rings is 1. The number of carbonyl (C=O) groups is 1. The van der Waals surface area contributed by atoms with E-state index in [1.807, 2.05) is 26.0 Å². The maximum atomic E-state index is 12.2. The Morgan fingerprint density at radius 3 is 2.38 bits per heavy atom. The Labute approximate surface area is 143 Å². The Kier molecular flexibility index (Phi) is 5.68. The van der Waals surface area contributed by atoms with Gasteiger partial charge in [-0.3, -0.25) is 9.69 Å². The van der Waals surface area contributed by atoms with E-state index < -0.39 is 5.54 Å². The van der Waals surface area contributed by atoms with E-state index in [1.54, 1.807) is 19.1 Å². The highest BCUT2D eigenvalue weighted by Crippen LogP contribution is 2.20. The Morgan fingerprint density at radius 2 is 1.88 bits per heavy atom. The van der Waals surface area contributed by atoms with Crippen LogP contribution in [0, 0.1) is 17.2 Å². The lowest BCUT2D eigenvalue weighted by molar-refractivity contribution is -0.124. The van der Waals surface area contributed by atoms with E-state index in [1.165, 1.54) is 0 Å².